The van der Waals surface area contributed by atoms with Crippen LogP contribution in [-0.2, 0) is 4.79 Å². The number of likely N-dealkylation sites (tertiary alicyclic amines) is 1. The highest BCUT2D eigenvalue weighted by molar-refractivity contribution is 5.95. The highest BCUT2D eigenvalue weighted by Gasteiger charge is 2.33. The quantitative estimate of drug-likeness (QED) is 0.890. The zero-order valence-corrected chi connectivity index (χ0v) is 11.5. The van der Waals surface area contributed by atoms with Crippen LogP contribution in [0, 0.1) is 19.8 Å². The van der Waals surface area contributed by atoms with Crippen molar-refractivity contribution in [1.29, 1.82) is 0 Å². The molecule has 1 fully saturated rings. The molecule has 1 aliphatic rings. The number of furan rings is 1. The SMILES string of the molecule is Cc1cc(C(=O)N2CCC(C(=O)O)CC2C)c(C)o1. The third kappa shape index (κ3) is 2.64. The van der Waals surface area contributed by atoms with Crippen molar-refractivity contribution >= 4 is 11.9 Å². The van der Waals surface area contributed by atoms with Crippen LogP contribution < -0.4 is 0 Å². The number of aliphatic carboxylic acids is 1. The zero-order chi connectivity index (χ0) is 14.2. The number of piperidine rings is 1. The summed E-state index contributed by atoms with van der Waals surface area (Å²) in [6.45, 7) is 5.97. The predicted molar refractivity (Wildman–Crippen MR) is 69.0 cm³/mol. The molecule has 0 bridgehead atoms. The van der Waals surface area contributed by atoms with E-state index < -0.39 is 5.97 Å². The van der Waals surface area contributed by atoms with Crippen molar-refractivity contribution in [2.24, 2.45) is 5.92 Å². The fraction of sp³-hybridized carbons (Fsp3) is 0.571. The summed E-state index contributed by atoms with van der Waals surface area (Å²) in [7, 11) is 0. The maximum atomic E-state index is 12.4. The van der Waals surface area contributed by atoms with Gasteiger partial charge in [0, 0.05) is 12.6 Å². The Labute approximate surface area is 112 Å². The number of nitrogens with zero attached hydrogens (tertiary/aromatic N) is 1. The van der Waals surface area contributed by atoms with E-state index in [1.54, 1.807) is 17.9 Å². The average molecular weight is 265 g/mol. The van der Waals surface area contributed by atoms with E-state index in [4.69, 9.17) is 9.52 Å². The van der Waals surface area contributed by atoms with Gasteiger partial charge in [0.2, 0.25) is 0 Å². The van der Waals surface area contributed by atoms with Gasteiger partial charge in [-0.2, -0.15) is 0 Å². The molecule has 104 valence electrons. The third-order valence-electron chi connectivity index (χ3n) is 3.76. The van der Waals surface area contributed by atoms with Gasteiger partial charge in [-0.3, -0.25) is 9.59 Å². The summed E-state index contributed by atoms with van der Waals surface area (Å²) in [6.07, 6.45) is 1.03. The monoisotopic (exact) mass is 265 g/mol. The fourth-order valence-corrected chi connectivity index (χ4v) is 2.70. The normalized spacial score (nSPS) is 23.4. The highest BCUT2D eigenvalue weighted by Crippen LogP contribution is 2.26. The smallest absolute Gasteiger partial charge is 0.306 e. The van der Waals surface area contributed by atoms with Gasteiger partial charge < -0.3 is 14.4 Å². The summed E-state index contributed by atoms with van der Waals surface area (Å²) in [4.78, 5) is 25.2. The largest absolute Gasteiger partial charge is 0.481 e. The second-order valence-electron chi connectivity index (χ2n) is 5.23. The van der Waals surface area contributed by atoms with E-state index in [2.05, 4.69) is 0 Å². The molecular weight excluding hydrogens is 246 g/mol. The number of rotatable bonds is 2. The summed E-state index contributed by atoms with van der Waals surface area (Å²) < 4.78 is 5.38. The molecule has 1 saturated heterocycles. The standard InChI is InChI=1S/C14H19NO4/c1-8-6-11(14(17)18)4-5-15(8)13(16)12-7-9(2)19-10(12)3/h7-8,11H,4-6H2,1-3H3,(H,17,18). The van der Waals surface area contributed by atoms with Gasteiger partial charge in [0.15, 0.2) is 0 Å². The van der Waals surface area contributed by atoms with Gasteiger partial charge in [-0.15, -0.1) is 0 Å². The first-order valence-corrected chi connectivity index (χ1v) is 6.51. The lowest BCUT2D eigenvalue weighted by Crippen LogP contribution is -2.46. The van der Waals surface area contributed by atoms with Gasteiger partial charge in [0.25, 0.3) is 5.91 Å². The number of carbonyl (C=O) groups is 2. The lowest BCUT2D eigenvalue weighted by Gasteiger charge is -2.36. The van der Waals surface area contributed by atoms with E-state index in [1.807, 2.05) is 13.8 Å². The number of carboxylic acids is 1. The van der Waals surface area contributed by atoms with Crippen LogP contribution in [0.5, 0.6) is 0 Å². The average Bonchev–Trinajstić information content (AvgIpc) is 2.67. The molecule has 0 spiro atoms. The Balaban J connectivity index is 2.13. The van der Waals surface area contributed by atoms with Crippen molar-refractivity contribution in [3.05, 3.63) is 23.2 Å². The molecule has 2 atom stereocenters. The Kier molecular flexibility index (Phi) is 3.64. The van der Waals surface area contributed by atoms with Gasteiger partial charge in [-0.1, -0.05) is 0 Å². The lowest BCUT2D eigenvalue weighted by molar-refractivity contribution is -0.143. The van der Waals surface area contributed by atoms with Crippen LogP contribution in [0.15, 0.2) is 10.5 Å². The Morgan fingerprint density at radius 2 is 2.11 bits per heavy atom. The molecule has 1 N–H and O–H groups in total. The van der Waals surface area contributed by atoms with Crippen LogP contribution in [0.3, 0.4) is 0 Å². The molecule has 1 aromatic heterocycles. The molecule has 19 heavy (non-hydrogen) atoms. The summed E-state index contributed by atoms with van der Waals surface area (Å²) in [5.74, 6) is 0.162. The number of hydrogen-bond donors (Lipinski definition) is 1. The second kappa shape index (κ2) is 5.07. The van der Waals surface area contributed by atoms with Gasteiger partial charge in [0.1, 0.15) is 11.5 Å². The molecule has 2 unspecified atom stereocenters. The van der Waals surface area contributed by atoms with Crippen molar-refractivity contribution in [2.45, 2.75) is 39.7 Å². The maximum Gasteiger partial charge on any atom is 0.306 e. The van der Waals surface area contributed by atoms with Crippen molar-refractivity contribution in [3.8, 4) is 0 Å². The topological polar surface area (TPSA) is 70.8 Å². The highest BCUT2D eigenvalue weighted by atomic mass is 16.4. The Morgan fingerprint density at radius 3 is 2.58 bits per heavy atom. The van der Waals surface area contributed by atoms with Gasteiger partial charge >= 0.3 is 5.97 Å². The molecule has 1 aliphatic heterocycles. The van der Waals surface area contributed by atoms with E-state index in [0.29, 0.717) is 36.5 Å². The summed E-state index contributed by atoms with van der Waals surface area (Å²) in [5.41, 5.74) is 0.582. The van der Waals surface area contributed by atoms with E-state index in [0.717, 1.165) is 0 Å². The Hall–Kier alpha value is -1.78. The lowest BCUT2D eigenvalue weighted by atomic mass is 9.91. The molecule has 0 aliphatic carbocycles. The number of aryl methyl sites for hydroxylation is 2. The van der Waals surface area contributed by atoms with Gasteiger partial charge in [-0.05, 0) is 39.7 Å². The Morgan fingerprint density at radius 1 is 1.42 bits per heavy atom. The minimum Gasteiger partial charge on any atom is -0.481 e. The number of carbonyl (C=O) groups excluding carboxylic acids is 1. The summed E-state index contributed by atoms with van der Waals surface area (Å²) in [6, 6.07) is 1.69. The van der Waals surface area contributed by atoms with E-state index >= 15 is 0 Å². The molecule has 0 saturated carbocycles. The van der Waals surface area contributed by atoms with E-state index in [9.17, 15) is 9.59 Å². The molecule has 0 aromatic carbocycles. The van der Waals surface area contributed by atoms with Crippen LogP contribution in [-0.4, -0.2) is 34.5 Å². The minimum absolute atomic E-state index is 0.0584. The van der Waals surface area contributed by atoms with Crippen molar-refractivity contribution < 1.29 is 19.1 Å². The summed E-state index contributed by atoms with van der Waals surface area (Å²) >= 11 is 0. The van der Waals surface area contributed by atoms with Crippen LogP contribution in [0.25, 0.3) is 0 Å². The molecular formula is C14H19NO4. The fourth-order valence-electron chi connectivity index (χ4n) is 2.70. The predicted octanol–water partition coefficient (Wildman–Crippen LogP) is 2.22. The van der Waals surface area contributed by atoms with Crippen LogP contribution >= 0.6 is 0 Å². The van der Waals surface area contributed by atoms with Crippen LogP contribution in [0.1, 0.15) is 41.6 Å². The second-order valence-corrected chi connectivity index (χ2v) is 5.23. The van der Waals surface area contributed by atoms with Gasteiger partial charge in [-0.25, -0.2) is 0 Å². The summed E-state index contributed by atoms with van der Waals surface area (Å²) in [5, 5.41) is 9.03. The van der Waals surface area contributed by atoms with E-state index in [1.165, 1.54) is 0 Å². The molecule has 1 aromatic rings. The number of amides is 1. The molecule has 2 heterocycles. The minimum atomic E-state index is -0.769. The molecule has 0 radical (unpaired) electrons. The first kappa shape index (κ1) is 13.6. The molecule has 5 nitrogen and oxygen atoms in total. The zero-order valence-electron chi connectivity index (χ0n) is 11.5. The number of carboxylic acid groups (broad SMARTS) is 1. The van der Waals surface area contributed by atoms with Crippen LogP contribution in [0.2, 0.25) is 0 Å². The molecule has 1 amide bonds. The van der Waals surface area contributed by atoms with Crippen LogP contribution in [0.4, 0.5) is 0 Å². The molecule has 5 heteroatoms. The van der Waals surface area contributed by atoms with Gasteiger partial charge in [0.05, 0.1) is 11.5 Å². The van der Waals surface area contributed by atoms with Crippen molar-refractivity contribution in [3.63, 3.8) is 0 Å². The Bertz CT molecular complexity index is 506. The third-order valence-corrected chi connectivity index (χ3v) is 3.76. The first-order chi connectivity index (χ1) is 8.90. The number of hydrogen-bond acceptors (Lipinski definition) is 3. The molecule has 2 rings (SSSR count). The maximum absolute atomic E-state index is 12.4. The first-order valence-electron chi connectivity index (χ1n) is 6.51. The van der Waals surface area contributed by atoms with Crippen molar-refractivity contribution in [2.75, 3.05) is 6.54 Å². The van der Waals surface area contributed by atoms with E-state index in [-0.39, 0.29) is 17.9 Å². The van der Waals surface area contributed by atoms with Crippen molar-refractivity contribution in [1.82, 2.24) is 4.90 Å².